The van der Waals surface area contributed by atoms with Crippen LogP contribution < -0.4 is 5.32 Å². The summed E-state index contributed by atoms with van der Waals surface area (Å²) in [6.07, 6.45) is 0. The van der Waals surface area contributed by atoms with Crippen molar-refractivity contribution in [3.8, 4) is 0 Å². The first-order valence-electron chi connectivity index (χ1n) is 6.45. The van der Waals surface area contributed by atoms with Gasteiger partial charge in [0.15, 0.2) is 0 Å². The molecule has 1 unspecified atom stereocenters. The average Bonchev–Trinajstić information content (AvgIpc) is 2.48. The van der Waals surface area contributed by atoms with Gasteiger partial charge in [-0.2, -0.15) is 0 Å². The molecule has 0 aliphatic rings. The molecule has 0 spiro atoms. The third-order valence-electron chi connectivity index (χ3n) is 3.12. The molecule has 4 heteroatoms. The Morgan fingerprint density at radius 3 is 2.55 bits per heavy atom. The molecule has 2 aromatic rings. The van der Waals surface area contributed by atoms with Crippen molar-refractivity contribution in [1.29, 1.82) is 0 Å². The maximum atomic E-state index is 9.68. The van der Waals surface area contributed by atoms with E-state index in [0.717, 1.165) is 16.8 Å². The van der Waals surface area contributed by atoms with E-state index in [4.69, 9.17) is 16.3 Å². The van der Waals surface area contributed by atoms with Crippen LogP contribution in [0.4, 0.5) is 5.69 Å². The number of rotatable bonds is 6. The van der Waals surface area contributed by atoms with E-state index in [0.29, 0.717) is 11.6 Å². The van der Waals surface area contributed by atoms with Crippen molar-refractivity contribution in [2.45, 2.75) is 12.6 Å². The van der Waals surface area contributed by atoms with Gasteiger partial charge >= 0.3 is 0 Å². The summed E-state index contributed by atoms with van der Waals surface area (Å²) in [5.74, 6) is 0. The first kappa shape index (κ1) is 14.9. The van der Waals surface area contributed by atoms with Crippen LogP contribution in [0.15, 0.2) is 48.5 Å². The number of benzene rings is 2. The van der Waals surface area contributed by atoms with Crippen LogP contribution in [-0.2, 0) is 11.3 Å². The smallest absolute Gasteiger partial charge is 0.0749 e. The lowest BCUT2D eigenvalue weighted by atomic mass is 10.0. The minimum Gasteiger partial charge on any atom is -0.394 e. The van der Waals surface area contributed by atoms with E-state index >= 15 is 0 Å². The molecular formula is C16H18ClNO2. The molecule has 0 heterocycles. The molecule has 0 saturated carbocycles. The minimum atomic E-state index is -0.221. The Kier molecular flexibility index (Phi) is 5.41. The predicted octanol–water partition coefficient (Wildman–Crippen LogP) is 3.63. The number of methoxy groups -OCH3 is 1. The van der Waals surface area contributed by atoms with Crippen LogP contribution in [-0.4, -0.2) is 18.8 Å². The second kappa shape index (κ2) is 7.29. The monoisotopic (exact) mass is 291 g/mol. The Bertz CT molecular complexity index is 560. The van der Waals surface area contributed by atoms with Gasteiger partial charge in [0.25, 0.3) is 0 Å². The van der Waals surface area contributed by atoms with Crippen molar-refractivity contribution in [3.63, 3.8) is 0 Å². The van der Waals surface area contributed by atoms with E-state index < -0.39 is 0 Å². The van der Waals surface area contributed by atoms with Crippen LogP contribution in [0, 0.1) is 0 Å². The molecule has 0 bridgehead atoms. The number of hydrogen-bond acceptors (Lipinski definition) is 3. The van der Waals surface area contributed by atoms with Gasteiger partial charge in [0, 0.05) is 7.11 Å². The molecule has 0 aliphatic carbocycles. The molecule has 1 atom stereocenters. The lowest BCUT2D eigenvalue weighted by Crippen LogP contribution is -2.17. The number of para-hydroxylation sites is 1. The number of ether oxygens (including phenoxy) is 1. The summed E-state index contributed by atoms with van der Waals surface area (Å²) in [6.45, 7) is 0.489. The molecule has 2 N–H and O–H groups in total. The molecule has 0 fully saturated rings. The van der Waals surface area contributed by atoms with Crippen molar-refractivity contribution in [2.24, 2.45) is 0 Å². The van der Waals surface area contributed by atoms with Crippen LogP contribution in [0.25, 0.3) is 0 Å². The fourth-order valence-corrected chi connectivity index (χ4v) is 2.34. The molecule has 2 rings (SSSR count). The van der Waals surface area contributed by atoms with Gasteiger partial charge in [-0.3, -0.25) is 0 Å². The third kappa shape index (κ3) is 3.51. The van der Waals surface area contributed by atoms with Crippen LogP contribution >= 0.6 is 11.6 Å². The van der Waals surface area contributed by atoms with Crippen LogP contribution in [0.1, 0.15) is 17.2 Å². The van der Waals surface area contributed by atoms with E-state index in [1.54, 1.807) is 7.11 Å². The van der Waals surface area contributed by atoms with Crippen LogP contribution in [0.5, 0.6) is 0 Å². The summed E-state index contributed by atoms with van der Waals surface area (Å²) in [6, 6.07) is 15.2. The van der Waals surface area contributed by atoms with Gasteiger partial charge in [0.2, 0.25) is 0 Å². The first-order valence-corrected chi connectivity index (χ1v) is 6.82. The summed E-state index contributed by atoms with van der Waals surface area (Å²) in [5, 5.41) is 13.6. The first-order chi connectivity index (χ1) is 9.76. The Labute approximate surface area is 124 Å². The fraction of sp³-hybridized carbons (Fsp3) is 0.250. The summed E-state index contributed by atoms with van der Waals surface area (Å²) < 4.78 is 5.20. The lowest BCUT2D eigenvalue weighted by Gasteiger charge is -2.21. The molecular weight excluding hydrogens is 274 g/mol. The summed E-state index contributed by atoms with van der Waals surface area (Å²) in [4.78, 5) is 0. The quantitative estimate of drug-likeness (QED) is 0.854. The second-order valence-electron chi connectivity index (χ2n) is 4.49. The number of aliphatic hydroxyl groups excluding tert-OH is 1. The molecule has 0 amide bonds. The normalized spacial score (nSPS) is 12.2. The molecule has 20 heavy (non-hydrogen) atoms. The predicted molar refractivity (Wildman–Crippen MR) is 82.1 cm³/mol. The van der Waals surface area contributed by atoms with Crippen molar-refractivity contribution in [3.05, 3.63) is 64.7 Å². The van der Waals surface area contributed by atoms with E-state index in [9.17, 15) is 5.11 Å². The number of anilines is 1. The highest BCUT2D eigenvalue weighted by atomic mass is 35.5. The van der Waals surface area contributed by atoms with E-state index in [1.165, 1.54) is 0 Å². The van der Waals surface area contributed by atoms with Crippen LogP contribution in [0.3, 0.4) is 0 Å². The highest BCUT2D eigenvalue weighted by Crippen LogP contribution is 2.27. The lowest BCUT2D eigenvalue weighted by molar-refractivity contribution is 0.183. The zero-order chi connectivity index (χ0) is 14.4. The standard InChI is InChI=1S/C16H18ClNO2/c1-20-11-12-6-2-3-7-13(12)16(10-19)18-15-9-5-4-8-14(15)17/h2-9,16,18-19H,10-11H2,1H3. The number of halogens is 1. The highest BCUT2D eigenvalue weighted by molar-refractivity contribution is 6.33. The number of hydrogen-bond donors (Lipinski definition) is 2. The SMILES string of the molecule is COCc1ccccc1C(CO)Nc1ccccc1Cl. The average molecular weight is 292 g/mol. The number of nitrogens with one attached hydrogen (secondary N) is 1. The Morgan fingerprint density at radius 2 is 1.85 bits per heavy atom. The summed E-state index contributed by atoms with van der Waals surface area (Å²) in [7, 11) is 1.66. The molecule has 3 nitrogen and oxygen atoms in total. The van der Waals surface area contributed by atoms with Gasteiger partial charge in [0.1, 0.15) is 0 Å². The van der Waals surface area contributed by atoms with Crippen LogP contribution in [0.2, 0.25) is 5.02 Å². The summed E-state index contributed by atoms with van der Waals surface area (Å²) in [5.41, 5.74) is 2.87. The maximum Gasteiger partial charge on any atom is 0.0749 e. The molecule has 0 aliphatic heterocycles. The maximum absolute atomic E-state index is 9.68. The molecule has 2 aromatic carbocycles. The van der Waals surface area contributed by atoms with Crippen molar-refractivity contribution >= 4 is 17.3 Å². The topological polar surface area (TPSA) is 41.5 Å². The van der Waals surface area contributed by atoms with Crippen molar-refractivity contribution < 1.29 is 9.84 Å². The molecule has 0 saturated heterocycles. The van der Waals surface area contributed by atoms with Gasteiger partial charge in [-0.15, -0.1) is 0 Å². The Morgan fingerprint density at radius 1 is 1.15 bits per heavy atom. The minimum absolute atomic E-state index is 0.0219. The van der Waals surface area contributed by atoms with E-state index in [1.807, 2.05) is 48.5 Å². The van der Waals surface area contributed by atoms with Gasteiger partial charge < -0.3 is 15.2 Å². The third-order valence-corrected chi connectivity index (χ3v) is 3.45. The van der Waals surface area contributed by atoms with E-state index in [-0.39, 0.29) is 12.6 Å². The summed E-state index contributed by atoms with van der Waals surface area (Å²) >= 11 is 6.14. The second-order valence-corrected chi connectivity index (χ2v) is 4.90. The van der Waals surface area contributed by atoms with Crippen molar-refractivity contribution in [2.75, 3.05) is 19.0 Å². The molecule has 0 radical (unpaired) electrons. The van der Waals surface area contributed by atoms with Gasteiger partial charge in [-0.1, -0.05) is 48.0 Å². The fourth-order valence-electron chi connectivity index (χ4n) is 2.15. The zero-order valence-corrected chi connectivity index (χ0v) is 12.1. The van der Waals surface area contributed by atoms with Gasteiger partial charge in [-0.05, 0) is 23.3 Å². The van der Waals surface area contributed by atoms with Gasteiger partial charge in [0.05, 0.1) is 30.0 Å². The molecule has 106 valence electrons. The highest BCUT2D eigenvalue weighted by Gasteiger charge is 2.15. The molecule has 0 aromatic heterocycles. The van der Waals surface area contributed by atoms with E-state index in [2.05, 4.69) is 5.32 Å². The van der Waals surface area contributed by atoms with Gasteiger partial charge in [-0.25, -0.2) is 0 Å². The number of aliphatic hydroxyl groups is 1. The Balaban J connectivity index is 2.27. The zero-order valence-electron chi connectivity index (χ0n) is 11.3. The Hall–Kier alpha value is -1.55. The van der Waals surface area contributed by atoms with Crippen molar-refractivity contribution in [1.82, 2.24) is 0 Å². The largest absolute Gasteiger partial charge is 0.394 e.